The Morgan fingerprint density at radius 2 is 2.00 bits per heavy atom. The SMILES string of the molecule is CCCCCCNC1(CCl)CC1. The van der Waals surface area contributed by atoms with Crippen LogP contribution in [0.25, 0.3) is 0 Å². The predicted molar refractivity (Wildman–Crippen MR) is 54.8 cm³/mol. The minimum absolute atomic E-state index is 0.355. The van der Waals surface area contributed by atoms with Crippen LogP contribution >= 0.6 is 11.6 Å². The van der Waals surface area contributed by atoms with Crippen LogP contribution < -0.4 is 5.32 Å². The highest BCUT2D eigenvalue weighted by molar-refractivity contribution is 6.18. The maximum atomic E-state index is 5.83. The smallest absolute Gasteiger partial charge is 0.0406 e. The molecule has 1 saturated carbocycles. The van der Waals surface area contributed by atoms with Crippen LogP contribution in [0.1, 0.15) is 45.4 Å². The third-order valence-electron chi connectivity index (χ3n) is 2.64. The van der Waals surface area contributed by atoms with Crippen molar-refractivity contribution in [2.75, 3.05) is 12.4 Å². The van der Waals surface area contributed by atoms with Crippen molar-refractivity contribution in [1.82, 2.24) is 5.32 Å². The van der Waals surface area contributed by atoms with Crippen LogP contribution in [0, 0.1) is 0 Å². The summed E-state index contributed by atoms with van der Waals surface area (Å²) in [6, 6.07) is 0. The van der Waals surface area contributed by atoms with Crippen molar-refractivity contribution in [3.05, 3.63) is 0 Å². The van der Waals surface area contributed by atoms with E-state index in [1.807, 2.05) is 0 Å². The van der Waals surface area contributed by atoms with Crippen molar-refractivity contribution in [3.63, 3.8) is 0 Å². The Hall–Kier alpha value is 0.250. The van der Waals surface area contributed by atoms with E-state index in [1.165, 1.54) is 38.5 Å². The van der Waals surface area contributed by atoms with E-state index in [2.05, 4.69) is 12.2 Å². The van der Waals surface area contributed by atoms with Gasteiger partial charge < -0.3 is 5.32 Å². The molecule has 1 nitrogen and oxygen atoms in total. The Balaban J connectivity index is 1.89. The van der Waals surface area contributed by atoms with Gasteiger partial charge in [0.05, 0.1) is 0 Å². The Labute approximate surface area is 80.9 Å². The van der Waals surface area contributed by atoms with Crippen LogP contribution in [-0.4, -0.2) is 18.0 Å². The molecule has 1 aliphatic rings. The molecule has 0 aromatic carbocycles. The van der Waals surface area contributed by atoms with Gasteiger partial charge in [0.2, 0.25) is 0 Å². The largest absolute Gasteiger partial charge is 0.310 e. The molecule has 0 radical (unpaired) electrons. The molecule has 1 N–H and O–H groups in total. The van der Waals surface area contributed by atoms with Gasteiger partial charge in [-0.2, -0.15) is 0 Å². The Bertz CT molecular complexity index is 121. The summed E-state index contributed by atoms with van der Waals surface area (Å²) in [4.78, 5) is 0. The monoisotopic (exact) mass is 189 g/mol. The lowest BCUT2D eigenvalue weighted by molar-refractivity contribution is 0.514. The molecule has 0 unspecified atom stereocenters. The Kier molecular flexibility index (Phi) is 4.38. The number of hydrogen-bond acceptors (Lipinski definition) is 1. The summed E-state index contributed by atoms with van der Waals surface area (Å²) < 4.78 is 0. The first kappa shape index (κ1) is 10.3. The normalized spacial score (nSPS) is 19.5. The molecule has 0 spiro atoms. The molecule has 0 aromatic heterocycles. The highest BCUT2D eigenvalue weighted by Crippen LogP contribution is 2.36. The van der Waals surface area contributed by atoms with Crippen molar-refractivity contribution in [2.45, 2.75) is 51.0 Å². The number of alkyl halides is 1. The van der Waals surface area contributed by atoms with Crippen LogP contribution in [0.3, 0.4) is 0 Å². The molecule has 0 heterocycles. The number of hydrogen-bond donors (Lipinski definition) is 1. The van der Waals surface area contributed by atoms with Crippen LogP contribution in [0.2, 0.25) is 0 Å². The van der Waals surface area contributed by atoms with E-state index in [9.17, 15) is 0 Å². The van der Waals surface area contributed by atoms with Gasteiger partial charge in [0.25, 0.3) is 0 Å². The van der Waals surface area contributed by atoms with Gasteiger partial charge in [-0.3, -0.25) is 0 Å². The maximum Gasteiger partial charge on any atom is 0.0406 e. The fraction of sp³-hybridized carbons (Fsp3) is 1.00. The van der Waals surface area contributed by atoms with Crippen molar-refractivity contribution < 1.29 is 0 Å². The molecule has 2 heteroatoms. The van der Waals surface area contributed by atoms with Gasteiger partial charge in [-0.1, -0.05) is 26.2 Å². The summed E-state index contributed by atoms with van der Waals surface area (Å²) in [7, 11) is 0. The molecular weight excluding hydrogens is 170 g/mol. The second-order valence-electron chi connectivity index (χ2n) is 3.90. The van der Waals surface area contributed by atoms with E-state index in [0.717, 1.165) is 12.4 Å². The number of nitrogens with one attached hydrogen (secondary N) is 1. The van der Waals surface area contributed by atoms with Crippen LogP contribution in [0.4, 0.5) is 0 Å². The lowest BCUT2D eigenvalue weighted by Crippen LogP contribution is -2.33. The second kappa shape index (κ2) is 5.08. The van der Waals surface area contributed by atoms with Crippen LogP contribution in [0.15, 0.2) is 0 Å². The molecule has 1 rings (SSSR count). The molecule has 1 aliphatic carbocycles. The van der Waals surface area contributed by atoms with Crippen molar-refractivity contribution in [2.24, 2.45) is 0 Å². The molecule has 0 amide bonds. The average Bonchev–Trinajstić information content (AvgIpc) is 2.85. The summed E-state index contributed by atoms with van der Waals surface area (Å²) in [6.07, 6.45) is 7.93. The molecule has 0 aromatic rings. The van der Waals surface area contributed by atoms with E-state index in [0.29, 0.717) is 5.54 Å². The topological polar surface area (TPSA) is 12.0 Å². The van der Waals surface area contributed by atoms with Crippen LogP contribution in [-0.2, 0) is 0 Å². The fourth-order valence-electron chi connectivity index (χ4n) is 1.41. The molecule has 12 heavy (non-hydrogen) atoms. The van der Waals surface area contributed by atoms with Gasteiger partial charge in [-0.25, -0.2) is 0 Å². The van der Waals surface area contributed by atoms with Gasteiger partial charge in [-0.15, -0.1) is 11.6 Å². The number of rotatable bonds is 7. The first-order valence-electron chi connectivity index (χ1n) is 5.14. The summed E-state index contributed by atoms with van der Waals surface area (Å²) in [5, 5.41) is 3.55. The molecule has 0 saturated heterocycles. The van der Waals surface area contributed by atoms with E-state index in [1.54, 1.807) is 0 Å². The van der Waals surface area contributed by atoms with E-state index in [4.69, 9.17) is 11.6 Å². The quantitative estimate of drug-likeness (QED) is 0.480. The van der Waals surface area contributed by atoms with Gasteiger partial charge in [0, 0.05) is 11.4 Å². The summed E-state index contributed by atoms with van der Waals surface area (Å²) in [5.74, 6) is 0.792. The minimum atomic E-state index is 0.355. The average molecular weight is 190 g/mol. The zero-order valence-electron chi connectivity index (χ0n) is 8.03. The minimum Gasteiger partial charge on any atom is -0.310 e. The zero-order valence-corrected chi connectivity index (χ0v) is 8.79. The van der Waals surface area contributed by atoms with E-state index >= 15 is 0 Å². The van der Waals surface area contributed by atoms with E-state index in [-0.39, 0.29) is 0 Å². The summed E-state index contributed by atoms with van der Waals surface area (Å²) in [5.41, 5.74) is 0.355. The molecule has 1 fully saturated rings. The molecular formula is C10H20ClN. The lowest BCUT2D eigenvalue weighted by atomic mass is 10.2. The van der Waals surface area contributed by atoms with Gasteiger partial charge in [-0.05, 0) is 25.8 Å². The highest BCUT2D eigenvalue weighted by Gasteiger charge is 2.40. The third-order valence-corrected chi connectivity index (χ3v) is 3.15. The summed E-state index contributed by atoms with van der Waals surface area (Å²) in [6.45, 7) is 3.40. The van der Waals surface area contributed by atoms with Crippen molar-refractivity contribution in [3.8, 4) is 0 Å². The van der Waals surface area contributed by atoms with Crippen molar-refractivity contribution in [1.29, 1.82) is 0 Å². The third kappa shape index (κ3) is 3.32. The summed E-state index contributed by atoms with van der Waals surface area (Å²) >= 11 is 5.83. The molecule has 0 aliphatic heterocycles. The zero-order chi connectivity index (χ0) is 8.86. The standard InChI is InChI=1S/C10H20ClN/c1-2-3-4-5-8-12-10(9-11)6-7-10/h12H,2-9H2,1H3. The van der Waals surface area contributed by atoms with Crippen molar-refractivity contribution >= 4 is 11.6 Å². The highest BCUT2D eigenvalue weighted by atomic mass is 35.5. The second-order valence-corrected chi connectivity index (χ2v) is 4.17. The molecule has 0 atom stereocenters. The van der Waals surface area contributed by atoms with E-state index < -0.39 is 0 Å². The van der Waals surface area contributed by atoms with Gasteiger partial charge >= 0.3 is 0 Å². The molecule has 0 bridgehead atoms. The Morgan fingerprint density at radius 3 is 2.50 bits per heavy atom. The molecule has 72 valence electrons. The Morgan fingerprint density at radius 1 is 1.25 bits per heavy atom. The van der Waals surface area contributed by atoms with Crippen LogP contribution in [0.5, 0.6) is 0 Å². The fourth-order valence-corrected chi connectivity index (χ4v) is 1.78. The first-order valence-corrected chi connectivity index (χ1v) is 5.67. The maximum absolute atomic E-state index is 5.83. The number of halogens is 1. The lowest BCUT2D eigenvalue weighted by Gasteiger charge is -2.13. The number of unbranched alkanes of at least 4 members (excludes halogenated alkanes) is 3. The van der Waals surface area contributed by atoms with Gasteiger partial charge in [0.1, 0.15) is 0 Å². The van der Waals surface area contributed by atoms with Gasteiger partial charge in [0.15, 0.2) is 0 Å². The first-order chi connectivity index (χ1) is 5.83. The predicted octanol–water partition coefficient (Wildman–Crippen LogP) is 2.93.